The predicted octanol–water partition coefficient (Wildman–Crippen LogP) is 2.00. The normalized spacial score (nSPS) is 15.0. The number of hydrogen-bond donors (Lipinski definition) is 3. The van der Waals surface area contributed by atoms with Crippen LogP contribution in [0.5, 0.6) is 0 Å². The van der Waals surface area contributed by atoms with Gasteiger partial charge in [0.25, 0.3) is 15.9 Å². The smallest absolute Gasteiger partial charge is 0.271 e. The Kier molecular flexibility index (Phi) is 6.35. The number of aromatic nitrogens is 5. The fourth-order valence-electron chi connectivity index (χ4n) is 3.38. The first-order valence-corrected chi connectivity index (χ1v) is 12.2. The van der Waals surface area contributed by atoms with E-state index in [0.29, 0.717) is 34.0 Å². The molecule has 182 valence electrons. The Morgan fingerprint density at radius 1 is 1.20 bits per heavy atom. The van der Waals surface area contributed by atoms with E-state index in [-0.39, 0.29) is 17.9 Å². The molecule has 1 aliphatic carbocycles. The molecule has 3 aromatic rings. The number of anilines is 2. The van der Waals surface area contributed by atoms with Crippen LogP contribution in [0.2, 0.25) is 0 Å². The van der Waals surface area contributed by atoms with E-state index in [1.54, 1.807) is 57.8 Å². The number of amides is 1. The van der Waals surface area contributed by atoms with Gasteiger partial charge in [-0.05, 0) is 26.0 Å². The lowest BCUT2D eigenvalue weighted by Gasteiger charge is -2.16. The van der Waals surface area contributed by atoms with Gasteiger partial charge in [-0.3, -0.25) is 9.78 Å². The minimum Gasteiger partial charge on any atom is -0.371 e. The molecule has 4 N–H and O–H groups in total. The maximum absolute atomic E-state index is 12.3. The topological polar surface area (TPSA) is 170 Å². The fraction of sp³-hybridized carbons (Fsp3) is 0.273. The third-order valence-corrected chi connectivity index (χ3v) is 7.03. The highest BCUT2D eigenvalue weighted by Gasteiger charge is 2.22. The summed E-state index contributed by atoms with van der Waals surface area (Å²) in [4.78, 5) is 30.1. The number of sulfonamides is 1. The number of primary amides is 1. The molecule has 4 rings (SSSR count). The minimum absolute atomic E-state index is 0.0666. The van der Waals surface area contributed by atoms with Crippen LogP contribution in [0.1, 0.15) is 30.8 Å². The molecule has 1 aliphatic rings. The molecule has 3 heterocycles. The van der Waals surface area contributed by atoms with Crippen molar-refractivity contribution < 1.29 is 13.2 Å². The zero-order valence-electron chi connectivity index (χ0n) is 19.6. The van der Waals surface area contributed by atoms with Gasteiger partial charge in [0.15, 0.2) is 17.3 Å². The summed E-state index contributed by atoms with van der Waals surface area (Å²) in [7, 11) is -0.0233. The molecule has 0 atom stereocenters. The summed E-state index contributed by atoms with van der Waals surface area (Å²) < 4.78 is 29.8. The van der Waals surface area contributed by atoms with Gasteiger partial charge in [0.2, 0.25) is 0 Å². The van der Waals surface area contributed by atoms with E-state index < -0.39 is 21.2 Å². The van der Waals surface area contributed by atoms with Gasteiger partial charge in [0.05, 0.1) is 34.6 Å². The third-order valence-electron chi connectivity index (χ3n) is 5.35. The number of aryl methyl sites for hydroxylation is 1. The third kappa shape index (κ3) is 4.75. The second kappa shape index (κ2) is 9.25. The van der Waals surface area contributed by atoms with Crippen LogP contribution < -0.4 is 16.4 Å². The van der Waals surface area contributed by atoms with E-state index in [1.807, 2.05) is 11.6 Å². The summed E-state index contributed by atoms with van der Waals surface area (Å²) in [5.74, 6) is -0.225. The van der Waals surface area contributed by atoms with Gasteiger partial charge < -0.3 is 20.9 Å². The van der Waals surface area contributed by atoms with E-state index >= 15 is 0 Å². The molecule has 0 saturated carbocycles. The van der Waals surface area contributed by atoms with Gasteiger partial charge >= 0.3 is 0 Å². The van der Waals surface area contributed by atoms with Crippen LogP contribution in [0.15, 0.2) is 47.0 Å². The highest BCUT2D eigenvalue weighted by atomic mass is 32.2. The average molecular weight is 496 g/mol. The number of hydrogen-bond acceptors (Lipinski definition) is 9. The average Bonchev–Trinajstić information content (AvgIpc) is 3.20. The highest BCUT2D eigenvalue weighted by molar-refractivity contribution is 7.90. The summed E-state index contributed by atoms with van der Waals surface area (Å²) in [5.41, 5.74) is 8.99. The Balaban J connectivity index is 1.70. The summed E-state index contributed by atoms with van der Waals surface area (Å²) in [6.45, 7) is 3.15. The van der Waals surface area contributed by atoms with Gasteiger partial charge in [-0.25, -0.2) is 23.4 Å². The van der Waals surface area contributed by atoms with Crippen molar-refractivity contribution >= 4 is 44.3 Å². The number of fused-ring (bicyclic) bond motifs is 1. The predicted molar refractivity (Wildman–Crippen MR) is 135 cm³/mol. The van der Waals surface area contributed by atoms with Crippen molar-refractivity contribution in [3.8, 4) is 11.3 Å². The Hall–Kier alpha value is -4.13. The lowest BCUT2D eigenvalue weighted by atomic mass is 10.1. The number of allylic oxidation sites excluding steroid dienone is 3. The van der Waals surface area contributed by atoms with Crippen LogP contribution in [-0.2, 0) is 17.1 Å². The molecule has 0 saturated heterocycles. The summed E-state index contributed by atoms with van der Waals surface area (Å²) >= 11 is 0. The molecule has 0 aliphatic heterocycles. The number of carbonyl (C=O) groups excluding carboxylic acids is 1. The Bertz CT molecular complexity index is 1520. The van der Waals surface area contributed by atoms with E-state index in [2.05, 4.69) is 35.0 Å². The van der Waals surface area contributed by atoms with Crippen molar-refractivity contribution in [1.82, 2.24) is 24.5 Å². The van der Waals surface area contributed by atoms with Crippen molar-refractivity contribution in [3.63, 3.8) is 0 Å². The molecule has 0 unspecified atom stereocenters. The number of imidazole rings is 1. The first-order chi connectivity index (χ1) is 16.6. The number of nitrogens with one attached hydrogen (secondary N) is 2. The zero-order chi connectivity index (χ0) is 25.3. The van der Waals surface area contributed by atoms with Crippen LogP contribution in [0.4, 0.5) is 11.6 Å². The molecule has 12 nitrogen and oxygen atoms in total. The monoisotopic (exact) mass is 495 g/mol. The Morgan fingerprint density at radius 3 is 2.60 bits per heavy atom. The van der Waals surface area contributed by atoms with Crippen LogP contribution >= 0.6 is 0 Å². The fourth-order valence-corrected chi connectivity index (χ4v) is 4.05. The van der Waals surface area contributed by atoms with E-state index in [0.717, 1.165) is 5.52 Å². The first kappa shape index (κ1) is 24.0. The second-order valence-electron chi connectivity index (χ2n) is 8.11. The molecule has 0 fully saturated rings. The van der Waals surface area contributed by atoms with Gasteiger partial charge in [0.1, 0.15) is 11.2 Å². The molecular formula is C22H25N9O3S. The molecule has 0 bridgehead atoms. The van der Waals surface area contributed by atoms with Crippen molar-refractivity contribution in [2.24, 2.45) is 17.2 Å². The lowest BCUT2D eigenvalue weighted by Crippen LogP contribution is -2.19. The van der Waals surface area contributed by atoms with Crippen LogP contribution in [0, 0.1) is 0 Å². The van der Waals surface area contributed by atoms with Crippen LogP contribution in [-0.4, -0.2) is 56.8 Å². The molecule has 13 heteroatoms. The van der Waals surface area contributed by atoms with Gasteiger partial charge in [-0.1, -0.05) is 6.08 Å². The van der Waals surface area contributed by atoms with Crippen LogP contribution in [0.3, 0.4) is 0 Å². The molecule has 3 aromatic heterocycles. The molecule has 1 amide bonds. The molecule has 35 heavy (non-hydrogen) atoms. The van der Waals surface area contributed by atoms with E-state index in [9.17, 15) is 13.2 Å². The second-order valence-corrected chi connectivity index (χ2v) is 10.3. The molecule has 0 aromatic carbocycles. The number of nitrogens with two attached hydrogens (primary N) is 1. The van der Waals surface area contributed by atoms with Gasteiger partial charge in [-0.15, -0.1) is 0 Å². The minimum atomic E-state index is -3.56. The number of pyridine rings is 1. The molecule has 0 radical (unpaired) electrons. The quantitative estimate of drug-likeness (QED) is 0.443. The van der Waals surface area contributed by atoms with E-state index in [1.165, 1.54) is 0 Å². The highest BCUT2D eigenvalue weighted by Crippen LogP contribution is 2.32. The standard InChI is InChI=1S/C22H25N9O3S/c1-12(2)35(33,34)30-14-7-5-13(6-8-14)27-22-19(20(23)32)28-18(21(24-3)29-22)15-9-25-10-16-17(15)26-11-31(16)4/h5-7,9-12H,8H2,1-4H3,(H2,23,32)(H2,24,27,29). The maximum atomic E-state index is 12.3. The van der Waals surface area contributed by atoms with Crippen molar-refractivity contribution in [1.29, 1.82) is 0 Å². The summed E-state index contributed by atoms with van der Waals surface area (Å²) in [6, 6.07) is 0. The summed E-state index contributed by atoms with van der Waals surface area (Å²) in [6.07, 6.45) is 10.2. The maximum Gasteiger partial charge on any atom is 0.271 e. The number of rotatable bonds is 7. The van der Waals surface area contributed by atoms with Gasteiger partial charge in [0, 0.05) is 32.4 Å². The Morgan fingerprint density at radius 2 is 1.97 bits per heavy atom. The number of nitrogens with zero attached hydrogens (tertiary/aromatic N) is 6. The Labute approximate surface area is 202 Å². The summed E-state index contributed by atoms with van der Waals surface area (Å²) in [5, 5.41) is 5.45. The zero-order valence-corrected chi connectivity index (χ0v) is 20.5. The van der Waals surface area contributed by atoms with Crippen molar-refractivity contribution in [3.05, 3.63) is 48.3 Å². The molecular weight excluding hydrogens is 470 g/mol. The van der Waals surface area contributed by atoms with E-state index in [4.69, 9.17) is 5.73 Å². The lowest BCUT2D eigenvalue weighted by molar-refractivity contribution is 0.0996. The van der Waals surface area contributed by atoms with Crippen molar-refractivity contribution in [2.45, 2.75) is 25.5 Å². The number of carbonyl (C=O) groups is 1. The van der Waals surface area contributed by atoms with Gasteiger partial charge in [-0.2, -0.15) is 4.40 Å². The van der Waals surface area contributed by atoms with Crippen LogP contribution in [0.25, 0.3) is 22.3 Å². The molecule has 0 spiro atoms. The largest absolute Gasteiger partial charge is 0.371 e. The first-order valence-electron chi connectivity index (χ1n) is 10.7. The SMILES string of the molecule is CNc1nc(NC2=CCC(=NS(=O)(=O)C(C)C)C=C2)c(C(N)=O)nc1-c1cncc2c1ncn2C. The van der Waals surface area contributed by atoms with Crippen molar-refractivity contribution in [2.75, 3.05) is 17.7 Å².